The lowest BCUT2D eigenvalue weighted by Crippen LogP contribution is -1.94. The van der Waals surface area contributed by atoms with Crippen LogP contribution in [0.2, 0.25) is 40.2 Å². The Morgan fingerprint density at radius 3 is 0.843 bits per heavy atom. The average Bonchev–Trinajstić information content (AvgIpc) is 3.29. The summed E-state index contributed by atoms with van der Waals surface area (Å²) in [6.07, 6.45) is 0. The molecule has 8 aromatic rings. The number of halogens is 12. The molecular formula is C48H24Cl8F4N4O4S2. The second-order valence-electron chi connectivity index (χ2n) is 14.5. The van der Waals surface area contributed by atoms with Gasteiger partial charge in [0.1, 0.15) is 23.3 Å². The van der Waals surface area contributed by atoms with Crippen molar-refractivity contribution < 1.29 is 27.4 Å². The predicted molar refractivity (Wildman–Crippen MR) is 278 cm³/mol. The Morgan fingerprint density at radius 1 is 0.371 bits per heavy atom. The van der Waals surface area contributed by atoms with Gasteiger partial charge in [-0.05, 0) is 97.1 Å². The summed E-state index contributed by atoms with van der Waals surface area (Å²) in [6, 6.07) is 27.5. The molecule has 4 N–H and O–H groups in total. The van der Waals surface area contributed by atoms with Crippen LogP contribution in [0.5, 0.6) is 0 Å². The van der Waals surface area contributed by atoms with Gasteiger partial charge in [0.15, 0.2) is 0 Å². The van der Waals surface area contributed by atoms with E-state index in [0.29, 0.717) is 30.7 Å². The largest absolute Gasteiger partial charge is 0.399 e. The molecule has 0 saturated heterocycles. The van der Waals surface area contributed by atoms with E-state index in [1.54, 1.807) is 48.5 Å². The van der Waals surface area contributed by atoms with Crippen molar-refractivity contribution in [1.29, 1.82) is 0 Å². The van der Waals surface area contributed by atoms with Crippen molar-refractivity contribution in [2.45, 2.75) is 19.6 Å². The van der Waals surface area contributed by atoms with Gasteiger partial charge in [0, 0.05) is 87.6 Å². The summed E-state index contributed by atoms with van der Waals surface area (Å²) in [4.78, 5) is 22.4. The fourth-order valence-corrected chi connectivity index (χ4v) is 11.3. The summed E-state index contributed by atoms with van der Waals surface area (Å²) in [5.41, 5.74) is 12.2. The van der Waals surface area contributed by atoms with Crippen molar-refractivity contribution in [2.75, 3.05) is 11.5 Å². The molecule has 70 heavy (non-hydrogen) atoms. The number of nitro groups is 2. The average molecular weight is 1140 g/mol. The van der Waals surface area contributed by atoms with E-state index in [4.69, 9.17) is 104 Å². The Kier molecular flexibility index (Phi) is 16.7. The number of nitrogens with two attached hydrogens (primary N) is 2. The molecule has 356 valence electrons. The molecule has 22 heteroatoms. The van der Waals surface area contributed by atoms with Gasteiger partial charge in [0.25, 0.3) is 11.4 Å². The molecule has 0 saturated carbocycles. The minimum atomic E-state index is -0.888. The maximum absolute atomic E-state index is 14.7. The number of hydrogen-bond acceptors (Lipinski definition) is 8. The maximum Gasteiger partial charge on any atom is 0.272 e. The van der Waals surface area contributed by atoms with Gasteiger partial charge in [-0.25, -0.2) is 17.6 Å². The van der Waals surface area contributed by atoms with Gasteiger partial charge in [0.2, 0.25) is 0 Å². The fraction of sp³-hybridized carbons (Fsp3) is 0. The number of benzene rings is 8. The quantitative estimate of drug-likeness (QED) is 0.0597. The zero-order chi connectivity index (χ0) is 50.9. The van der Waals surface area contributed by atoms with Crippen LogP contribution in [0.15, 0.2) is 141 Å². The molecule has 0 unspecified atom stereocenters. The summed E-state index contributed by atoms with van der Waals surface area (Å²) in [5, 5.41) is 23.3. The van der Waals surface area contributed by atoms with Crippen molar-refractivity contribution in [3.8, 4) is 44.5 Å². The lowest BCUT2D eigenvalue weighted by molar-refractivity contribution is -0.385. The van der Waals surface area contributed by atoms with Crippen molar-refractivity contribution >= 4 is 139 Å². The molecule has 0 aliphatic carbocycles. The molecule has 0 bridgehead atoms. The van der Waals surface area contributed by atoms with Crippen LogP contribution in [-0.4, -0.2) is 9.85 Å². The minimum Gasteiger partial charge on any atom is -0.399 e. The topological polar surface area (TPSA) is 138 Å². The highest BCUT2D eigenvalue weighted by molar-refractivity contribution is 7.99. The Balaban J connectivity index is 0.000000208. The smallest absolute Gasteiger partial charge is 0.272 e. The summed E-state index contributed by atoms with van der Waals surface area (Å²) < 4.78 is 58.6. The molecule has 0 spiro atoms. The normalized spacial score (nSPS) is 11.0. The third-order valence-electron chi connectivity index (χ3n) is 10.1. The lowest BCUT2D eigenvalue weighted by Gasteiger charge is -2.15. The summed E-state index contributed by atoms with van der Waals surface area (Å²) in [5.74, 6) is -2.88. The van der Waals surface area contributed by atoms with Crippen LogP contribution in [0.4, 0.5) is 40.3 Å². The van der Waals surface area contributed by atoms with Crippen LogP contribution in [0.1, 0.15) is 0 Å². The molecule has 0 amide bonds. The van der Waals surface area contributed by atoms with Gasteiger partial charge >= 0.3 is 0 Å². The fourth-order valence-electron chi connectivity index (χ4n) is 6.78. The first kappa shape index (κ1) is 52.7. The highest BCUT2D eigenvalue weighted by Crippen LogP contribution is 2.50. The monoisotopic (exact) mass is 1140 g/mol. The maximum atomic E-state index is 14.7. The Hall–Kier alpha value is -5.10. The molecule has 8 aromatic carbocycles. The second-order valence-corrected chi connectivity index (χ2v) is 19.8. The van der Waals surface area contributed by atoms with E-state index in [2.05, 4.69) is 0 Å². The Morgan fingerprint density at radius 2 is 0.614 bits per heavy atom. The minimum absolute atomic E-state index is 0.0427. The number of non-ortho nitro benzene ring substituents is 2. The molecule has 0 fully saturated rings. The van der Waals surface area contributed by atoms with E-state index in [-0.39, 0.29) is 84.9 Å². The first-order chi connectivity index (χ1) is 33.2. The molecule has 0 aromatic heterocycles. The van der Waals surface area contributed by atoms with Gasteiger partial charge in [-0.1, -0.05) is 116 Å². The first-order valence-corrected chi connectivity index (χ1v) is 24.1. The standard InChI is InChI=1S/C24H10Cl4F2N2O4S.C24H14Cl4F2N2S/c25-15-5-7-19(23(27)21(15)13-3-1-11(31(33)34)9-17(13)29)37-20-8-6-16(26)22(24(20)28)14-4-2-12(32(35)36)10-18(14)30;25-15-5-7-19(23(27)21(15)13-3-1-11(31)9-17(13)29)33-20-8-6-16(26)22(24(20)28)14-4-2-12(32)10-18(14)30/h1-10H;1-10H,31-32H2. The predicted octanol–water partition coefficient (Wildman–Crippen LogP) is 19.1. The van der Waals surface area contributed by atoms with Gasteiger partial charge < -0.3 is 11.5 Å². The number of hydrogen-bond donors (Lipinski definition) is 2. The number of nitro benzene ring substituents is 2. The molecule has 8 nitrogen and oxygen atoms in total. The second kappa shape index (κ2) is 22.1. The van der Waals surface area contributed by atoms with Gasteiger partial charge in [-0.2, -0.15) is 0 Å². The summed E-state index contributed by atoms with van der Waals surface area (Å²) in [6.45, 7) is 0. The van der Waals surface area contributed by atoms with Gasteiger partial charge in [-0.3, -0.25) is 20.2 Å². The highest BCUT2D eigenvalue weighted by Gasteiger charge is 2.24. The molecule has 0 radical (unpaired) electrons. The Labute approximate surface area is 443 Å². The van der Waals surface area contributed by atoms with Crippen LogP contribution in [0.3, 0.4) is 0 Å². The van der Waals surface area contributed by atoms with Crippen LogP contribution in [0.25, 0.3) is 44.5 Å². The SMILES string of the molecule is Nc1ccc(-c2c(Cl)ccc(Sc3ccc(Cl)c(-c4ccc(N)cc4F)c3Cl)c2Cl)c(F)c1.O=[N+]([O-])c1ccc(-c2c(Cl)ccc(Sc3ccc(Cl)c(-c4ccc([N+](=O)[O-])cc4F)c3Cl)c2Cl)c(F)c1. The zero-order valence-electron chi connectivity index (χ0n) is 34.6. The van der Waals surface area contributed by atoms with Gasteiger partial charge in [-0.15, -0.1) is 0 Å². The van der Waals surface area contributed by atoms with Crippen LogP contribution in [0, 0.1) is 43.5 Å². The molecule has 0 heterocycles. The van der Waals surface area contributed by atoms with E-state index in [1.807, 2.05) is 0 Å². The van der Waals surface area contributed by atoms with Crippen molar-refractivity contribution in [1.82, 2.24) is 0 Å². The zero-order valence-corrected chi connectivity index (χ0v) is 42.3. The number of rotatable bonds is 10. The van der Waals surface area contributed by atoms with Crippen molar-refractivity contribution in [2.24, 2.45) is 0 Å². The van der Waals surface area contributed by atoms with E-state index >= 15 is 0 Å². The molecule has 8 rings (SSSR count). The van der Waals surface area contributed by atoms with E-state index in [0.717, 1.165) is 36.0 Å². The first-order valence-electron chi connectivity index (χ1n) is 19.4. The third-order valence-corrected chi connectivity index (χ3v) is 15.6. The van der Waals surface area contributed by atoms with Crippen molar-refractivity contribution in [3.05, 3.63) is 205 Å². The van der Waals surface area contributed by atoms with Crippen molar-refractivity contribution in [3.63, 3.8) is 0 Å². The van der Waals surface area contributed by atoms with E-state index < -0.39 is 44.5 Å². The number of anilines is 2. The van der Waals surface area contributed by atoms with Crippen LogP contribution in [-0.2, 0) is 0 Å². The number of nitrogen functional groups attached to an aromatic ring is 2. The van der Waals surface area contributed by atoms with Crippen LogP contribution < -0.4 is 11.5 Å². The van der Waals surface area contributed by atoms with Crippen LogP contribution >= 0.6 is 116 Å². The third kappa shape index (κ3) is 11.2. The lowest BCUT2D eigenvalue weighted by atomic mass is 10.0. The summed E-state index contributed by atoms with van der Waals surface area (Å²) in [7, 11) is 0. The number of nitrogens with zero attached hydrogens (tertiary/aromatic N) is 2. The molecule has 0 atom stereocenters. The Bertz CT molecular complexity index is 3230. The molecular weight excluding hydrogens is 1120 g/mol. The molecule has 0 aliphatic rings. The highest BCUT2D eigenvalue weighted by atomic mass is 35.5. The van der Waals surface area contributed by atoms with E-state index in [1.165, 1.54) is 60.3 Å². The summed E-state index contributed by atoms with van der Waals surface area (Å²) >= 11 is 54.0. The molecule has 0 aliphatic heterocycles. The van der Waals surface area contributed by atoms with Gasteiger partial charge in [0.05, 0.1) is 62.2 Å². The van der Waals surface area contributed by atoms with E-state index in [9.17, 15) is 37.8 Å².